The van der Waals surface area contributed by atoms with Gasteiger partial charge in [0, 0.05) is 49.4 Å². The van der Waals surface area contributed by atoms with Gasteiger partial charge in [0.05, 0.1) is 74.7 Å². The lowest BCUT2D eigenvalue weighted by Crippen LogP contribution is -2.67. The zero-order chi connectivity index (χ0) is 84.8. The van der Waals surface area contributed by atoms with E-state index in [1.54, 1.807) is 0 Å². The molecule has 20 saturated carbocycles. The Morgan fingerprint density at radius 3 is 1.10 bits per heavy atom. The molecule has 0 aromatic heterocycles. The van der Waals surface area contributed by atoms with Crippen molar-refractivity contribution in [2.45, 2.75) is 483 Å². The third kappa shape index (κ3) is 23.1. The zero-order valence-corrected chi connectivity index (χ0v) is 74.4. The topological polar surface area (TPSA) is 297 Å². The summed E-state index contributed by atoms with van der Waals surface area (Å²) < 4.78 is 50.9. The molecule has 22 rings (SSSR count). The summed E-state index contributed by atoms with van der Waals surface area (Å²) in [4.78, 5) is 110. The van der Waals surface area contributed by atoms with Crippen molar-refractivity contribution >= 4 is 53.7 Å². The van der Waals surface area contributed by atoms with Crippen LogP contribution in [0.3, 0.4) is 0 Å². The van der Waals surface area contributed by atoms with Gasteiger partial charge in [-0.1, -0.05) is 138 Å². The molecule has 2 saturated heterocycles. The van der Waals surface area contributed by atoms with Crippen molar-refractivity contribution in [1.82, 2.24) is 0 Å². The Morgan fingerprint density at radius 2 is 0.727 bits per heavy atom. The number of rotatable bonds is 19. The maximum atomic E-state index is 12.5. The monoisotopic (exact) mass is 1820 g/mol. The molecule has 2 aliphatic heterocycles. The van der Waals surface area contributed by atoms with Crippen LogP contribution in [-0.4, -0.2) is 140 Å². The molecule has 0 radical (unpaired) electrons. The summed E-state index contributed by atoms with van der Waals surface area (Å²) >= 11 is 0. The lowest BCUT2D eigenvalue weighted by atomic mass is 9.50. The van der Waals surface area contributed by atoms with Gasteiger partial charge in [0.1, 0.15) is 46.8 Å². The Hall–Kier alpha value is -4.89. The van der Waals surface area contributed by atoms with Crippen LogP contribution in [0.1, 0.15) is 420 Å². The van der Waals surface area contributed by atoms with Crippen molar-refractivity contribution in [3.05, 3.63) is 0 Å². The maximum Gasteiger partial charge on any atom is 0.312 e. The largest absolute Gasteiger partial charge is 0.469 e. The van der Waals surface area contributed by atoms with Gasteiger partial charge in [0.25, 0.3) is 0 Å². The van der Waals surface area contributed by atoms with Gasteiger partial charge < -0.3 is 58.0 Å². The molecule has 20 aliphatic carbocycles. The predicted octanol–water partition coefficient (Wildman–Crippen LogP) is 24.0. The molecule has 21 heteroatoms. The van der Waals surface area contributed by atoms with Gasteiger partial charge in [-0.25, -0.2) is 0 Å². The molecule has 22 aliphatic rings. The molecule has 0 aromatic carbocycles. The average Bonchev–Trinajstić information content (AvgIpc) is 1.27. The van der Waals surface area contributed by atoms with Gasteiger partial charge in [-0.15, -0.1) is 0 Å². The van der Waals surface area contributed by atoms with Crippen LogP contribution >= 0.6 is 0 Å². The van der Waals surface area contributed by atoms with Crippen molar-refractivity contribution < 1.29 is 101 Å². The summed E-state index contributed by atoms with van der Waals surface area (Å²) in [6.45, 7) is 37.7. The zero-order valence-electron chi connectivity index (χ0n) is 74.4. The number of fused-ring (bicyclic) bond motifs is 2. The third-order valence-corrected chi connectivity index (χ3v) is 34.8. The summed E-state index contributed by atoms with van der Waals surface area (Å²) in [5.74, 6) is 5.50. The number of esters is 9. The number of ether oxygens (including phenoxy) is 9. The molecule has 20 bridgehead atoms. The molecule has 2 heterocycles. The lowest BCUT2D eigenvalue weighted by molar-refractivity contribution is -0.264. The summed E-state index contributed by atoms with van der Waals surface area (Å²) in [5, 5.41) is 32.0. The van der Waals surface area contributed by atoms with E-state index in [9.17, 15) is 58.5 Å². The van der Waals surface area contributed by atoms with Crippen molar-refractivity contribution in [3.8, 4) is 0 Å². The Kier molecular flexibility index (Phi) is 41.1. The van der Waals surface area contributed by atoms with Gasteiger partial charge in [-0.05, 0) is 322 Å². The fraction of sp³-hybridized carbons (Fsp3) is 0.916. The Labute approximate surface area is 780 Å². The number of hydrogen-bond acceptors (Lipinski definition) is 21. The smallest absolute Gasteiger partial charge is 0.312 e. The third-order valence-electron chi connectivity index (χ3n) is 34.8. The fourth-order valence-electron chi connectivity index (χ4n) is 26.6. The highest BCUT2D eigenvalue weighted by Crippen LogP contribution is 2.66. The first kappa shape index (κ1) is 121. The minimum atomic E-state index is -0.842. The van der Waals surface area contributed by atoms with E-state index in [-0.39, 0.29) is 206 Å². The van der Waals surface area contributed by atoms with Crippen molar-refractivity contribution in [1.29, 1.82) is 0 Å². The number of carbonyl (C=O) groups excluding carboxylic acids is 9. The summed E-state index contributed by atoms with van der Waals surface area (Å²) in [7, 11) is 1.31. The van der Waals surface area contributed by atoms with Crippen LogP contribution in [0.2, 0.25) is 0 Å². The van der Waals surface area contributed by atoms with E-state index in [4.69, 9.17) is 42.6 Å². The van der Waals surface area contributed by atoms with Crippen LogP contribution in [0.25, 0.3) is 0 Å². The van der Waals surface area contributed by atoms with Crippen LogP contribution in [0, 0.1) is 140 Å². The van der Waals surface area contributed by atoms with E-state index >= 15 is 0 Å². The summed E-state index contributed by atoms with van der Waals surface area (Å²) in [5.41, 5.74) is -5.76. The van der Waals surface area contributed by atoms with Gasteiger partial charge in [0.2, 0.25) is 0 Å². The summed E-state index contributed by atoms with van der Waals surface area (Å²) in [6.07, 6.45) is 28.5. The van der Waals surface area contributed by atoms with Crippen LogP contribution in [0.5, 0.6) is 0 Å². The second kappa shape index (κ2) is 43.4. The van der Waals surface area contributed by atoms with Gasteiger partial charge in [-0.2, -0.15) is 0 Å². The quantitative estimate of drug-likeness (QED) is 0.0799. The van der Waals surface area contributed by atoms with E-state index in [1.165, 1.54) is 77.7 Å². The van der Waals surface area contributed by atoms with Gasteiger partial charge in [-0.3, -0.25) is 43.2 Å². The first-order chi connectivity index (χ1) is 54.0. The number of methoxy groups -OCH3 is 1. The highest BCUT2D eigenvalue weighted by Gasteiger charge is 2.72. The van der Waals surface area contributed by atoms with E-state index in [1.807, 2.05) is 104 Å². The molecule has 22 fully saturated rings. The summed E-state index contributed by atoms with van der Waals surface area (Å²) in [6, 6.07) is 0. The highest BCUT2D eigenvalue weighted by atomic mass is 16.6. The normalized spacial score (nSPS) is 39.5. The molecule has 0 aromatic rings. The molecule has 750 valence electrons. The van der Waals surface area contributed by atoms with E-state index in [0.717, 1.165) is 114 Å². The van der Waals surface area contributed by atoms with E-state index in [2.05, 4.69) is 27.7 Å². The van der Waals surface area contributed by atoms with Gasteiger partial charge in [0.15, 0.2) is 0 Å². The predicted molar refractivity (Wildman–Crippen MR) is 512 cm³/mol. The first-order valence-electron chi connectivity index (χ1n) is 46.0. The minimum Gasteiger partial charge on any atom is -0.469 e. The molecule has 0 amide bonds. The van der Waals surface area contributed by atoms with Crippen molar-refractivity contribution in [3.63, 3.8) is 0 Å². The fourth-order valence-corrected chi connectivity index (χ4v) is 26.6. The Bertz CT molecular complexity index is 3550. The second-order valence-corrected chi connectivity index (χ2v) is 45.3. The molecule has 128 heavy (non-hydrogen) atoms. The average molecular weight is 1820 g/mol. The highest BCUT2D eigenvalue weighted by molar-refractivity contribution is 5.87. The molecule has 21 nitrogen and oxygen atoms in total. The second-order valence-electron chi connectivity index (χ2n) is 45.3. The van der Waals surface area contributed by atoms with E-state index in [0.29, 0.717) is 85.9 Å². The van der Waals surface area contributed by atoms with Gasteiger partial charge >= 0.3 is 53.7 Å². The van der Waals surface area contributed by atoms with Crippen molar-refractivity contribution in [2.24, 2.45) is 140 Å². The van der Waals surface area contributed by atoms with E-state index < -0.39 is 68.7 Å². The maximum absolute atomic E-state index is 12.5. The SMILES string of the molecule is C.C.C.C.C.C.C.C.C.C.C.C.CCC(C)(C)C(=O)OC1(C)C2CC3CC(C2)CC1C3.CCC(C)(C)C(=O)OC1(C)C2CC3CC(C2)CC1C3.CCC(C)(C)C(=O)OC12CC3CC(CC(O)(C3)C1)C2.CCC(C)(C)C(=O)OC12CC3CC(O)(CC(O)(C3)C1)C2.CCC(C)(C)C(=O)OC1C2CC3C1OC(=O)C3C2C(=O)OC.CCC(C)C(=O)OC1C2CC3C(=O)OC1C3C2. The standard InChI is InChI=1S/2C17H28O2.C16H22O6.C16H26O4.C16H26O3.C13H18O4.12CH4/c2*1-5-16(2,3)15(18)19-17(4)13-7-11-6-12(9-13)10-14(17)8-11;1-5-16(2,3)15(19)22-12-7-6-8-10(9(7)13(17)20-4)14(18)21-11(8)12;1-4-13(2,3)12(17)20-16-7-11-5-14(18,9-16)8-15(19,6-11)10-16;1-4-14(2,3)13(17)19-16-8-11-5-12(9-16)7-15(18,6-11)10-16;1-3-6(2)12(14)16-10-7-4-8-9(5-7)13(15)17-11(8)10;;;;;;;;;;;;/h2*11-14H,5-10H2,1-4H3;7-12H,5-6H2,1-4H3;11,18-19H,4-10H2,1-3H3;11-12,18H,4-10H2,1-3H3;6-11H,3-5H2,1-2H3;12*1H4. The first-order valence-corrected chi connectivity index (χ1v) is 46.0. The number of carbonyl (C=O) groups is 9. The number of aliphatic hydroxyl groups is 3. The number of hydrogen-bond donors (Lipinski definition) is 3. The minimum absolute atomic E-state index is 0. The van der Waals surface area contributed by atoms with Crippen LogP contribution in [0.4, 0.5) is 0 Å². The lowest BCUT2D eigenvalue weighted by Gasteiger charge is -2.62. The molecular formula is C107H196O21. The van der Waals surface area contributed by atoms with Crippen LogP contribution < -0.4 is 0 Å². The Balaban J connectivity index is 0.000000755. The van der Waals surface area contributed by atoms with Crippen LogP contribution in [-0.2, 0) is 85.8 Å². The molecule has 16 unspecified atom stereocenters. The van der Waals surface area contributed by atoms with Crippen LogP contribution in [0.15, 0.2) is 0 Å². The molecule has 3 N–H and O–H groups in total. The molecule has 0 spiro atoms. The van der Waals surface area contributed by atoms with Crippen molar-refractivity contribution in [2.75, 3.05) is 7.11 Å². The molecular weight excluding hydrogens is 1620 g/mol. The Morgan fingerprint density at radius 1 is 0.383 bits per heavy atom. The molecule has 16 atom stereocenters.